The van der Waals surface area contributed by atoms with Gasteiger partial charge in [-0.2, -0.15) is 5.10 Å². The second-order valence-electron chi connectivity index (χ2n) is 5.31. The first-order chi connectivity index (χ1) is 7.75. The van der Waals surface area contributed by atoms with E-state index in [0.717, 1.165) is 5.69 Å². The number of aliphatic hydroxyl groups is 1. The minimum atomic E-state index is -0.261. The average molecular weight is 239 g/mol. The maximum atomic E-state index is 11.8. The molecule has 0 aliphatic rings. The highest BCUT2D eigenvalue weighted by atomic mass is 16.3. The number of amides is 1. The Morgan fingerprint density at radius 3 is 2.59 bits per heavy atom. The normalized spacial score (nSPS) is 13.5. The van der Waals surface area contributed by atoms with E-state index in [9.17, 15) is 4.79 Å². The molecular formula is C12H21N3O2. The largest absolute Gasteiger partial charge is 0.394 e. The van der Waals surface area contributed by atoms with Gasteiger partial charge < -0.3 is 10.4 Å². The van der Waals surface area contributed by atoms with E-state index in [1.165, 1.54) is 0 Å². The number of nitrogens with zero attached hydrogens (tertiary/aromatic N) is 2. The van der Waals surface area contributed by atoms with E-state index in [1.54, 1.807) is 13.0 Å². The maximum Gasteiger partial charge on any atom is 0.272 e. The molecule has 0 aliphatic heterocycles. The molecule has 2 N–H and O–H groups in total. The Hall–Kier alpha value is -1.36. The van der Waals surface area contributed by atoms with Crippen molar-refractivity contribution in [2.75, 3.05) is 6.61 Å². The molecule has 1 aromatic rings. The maximum absolute atomic E-state index is 11.8. The van der Waals surface area contributed by atoms with Gasteiger partial charge in [0.1, 0.15) is 5.69 Å². The summed E-state index contributed by atoms with van der Waals surface area (Å²) in [6, 6.07) is 1.49. The van der Waals surface area contributed by atoms with Crippen LogP contribution in [0.5, 0.6) is 0 Å². The highest BCUT2D eigenvalue weighted by Crippen LogP contribution is 2.16. The Bertz CT molecular complexity index is 404. The molecule has 17 heavy (non-hydrogen) atoms. The second kappa shape index (κ2) is 4.87. The van der Waals surface area contributed by atoms with Crippen LogP contribution in [-0.4, -0.2) is 33.4 Å². The molecule has 5 nitrogen and oxygen atoms in total. The molecule has 0 saturated heterocycles. The van der Waals surface area contributed by atoms with Crippen molar-refractivity contribution in [3.05, 3.63) is 17.5 Å². The summed E-state index contributed by atoms with van der Waals surface area (Å²) >= 11 is 0. The van der Waals surface area contributed by atoms with Crippen LogP contribution in [0, 0.1) is 6.92 Å². The van der Waals surface area contributed by atoms with Crippen LogP contribution in [0.2, 0.25) is 0 Å². The van der Waals surface area contributed by atoms with Crippen LogP contribution in [0.4, 0.5) is 0 Å². The number of aryl methyl sites for hydroxylation is 1. The summed E-state index contributed by atoms with van der Waals surface area (Å²) in [5.74, 6) is -0.252. The third kappa shape index (κ3) is 3.30. The molecule has 5 heteroatoms. The average Bonchev–Trinajstić information content (AvgIpc) is 2.59. The number of rotatable bonds is 3. The number of hydrogen-bond donors (Lipinski definition) is 2. The van der Waals surface area contributed by atoms with Crippen molar-refractivity contribution in [2.24, 2.45) is 0 Å². The van der Waals surface area contributed by atoms with Crippen molar-refractivity contribution in [1.29, 1.82) is 0 Å². The first kappa shape index (κ1) is 13.7. The fourth-order valence-electron chi connectivity index (χ4n) is 1.61. The van der Waals surface area contributed by atoms with Crippen LogP contribution in [-0.2, 0) is 5.54 Å². The number of carbonyl (C=O) groups excluding carboxylic acids is 1. The fourth-order valence-corrected chi connectivity index (χ4v) is 1.61. The number of nitrogens with one attached hydrogen (secondary N) is 1. The van der Waals surface area contributed by atoms with Gasteiger partial charge in [0.15, 0.2) is 0 Å². The molecule has 1 aromatic heterocycles. The highest BCUT2D eigenvalue weighted by molar-refractivity contribution is 5.92. The summed E-state index contributed by atoms with van der Waals surface area (Å²) in [7, 11) is 0. The molecule has 0 radical (unpaired) electrons. The molecule has 0 aliphatic carbocycles. The van der Waals surface area contributed by atoms with Crippen LogP contribution in [0.15, 0.2) is 6.07 Å². The van der Waals surface area contributed by atoms with Crippen molar-refractivity contribution >= 4 is 5.91 Å². The number of aromatic nitrogens is 2. The second-order valence-corrected chi connectivity index (χ2v) is 5.31. The lowest BCUT2D eigenvalue weighted by molar-refractivity contribution is 0.0915. The van der Waals surface area contributed by atoms with E-state index in [1.807, 2.05) is 32.4 Å². The molecule has 0 saturated carbocycles. The first-order valence-corrected chi connectivity index (χ1v) is 5.74. The van der Waals surface area contributed by atoms with Gasteiger partial charge in [-0.05, 0) is 40.7 Å². The molecule has 1 heterocycles. The Morgan fingerprint density at radius 2 is 2.18 bits per heavy atom. The van der Waals surface area contributed by atoms with E-state index in [2.05, 4.69) is 10.4 Å². The summed E-state index contributed by atoms with van der Waals surface area (Å²) in [4.78, 5) is 11.8. The third-order valence-corrected chi connectivity index (χ3v) is 2.41. The van der Waals surface area contributed by atoms with Crippen molar-refractivity contribution in [3.63, 3.8) is 0 Å². The monoisotopic (exact) mass is 239 g/mol. The van der Waals surface area contributed by atoms with Crippen LogP contribution >= 0.6 is 0 Å². The molecule has 96 valence electrons. The first-order valence-electron chi connectivity index (χ1n) is 5.74. The van der Waals surface area contributed by atoms with Crippen molar-refractivity contribution in [1.82, 2.24) is 15.1 Å². The summed E-state index contributed by atoms with van der Waals surface area (Å²) < 4.78 is 1.82. The van der Waals surface area contributed by atoms with Crippen LogP contribution in [0.3, 0.4) is 0 Å². The zero-order valence-corrected chi connectivity index (χ0v) is 11.1. The molecule has 0 spiro atoms. The predicted octanol–water partition coefficient (Wildman–Crippen LogP) is 1.06. The summed E-state index contributed by atoms with van der Waals surface area (Å²) in [5, 5.41) is 15.8. The molecular weight excluding hydrogens is 218 g/mol. The smallest absolute Gasteiger partial charge is 0.272 e. The summed E-state index contributed by atoms with van der Waals surface area (Å²) in [5.41, 5.74) is 1.18. The molecule has 0 fully saturated rings. The van der Waals surface area contributed by atoms with Gasteiger partial charge in [-0.3, -0.25) is 9.48 Å². The van der Waals surface area contributed by atoms with Crippen molar-refractivity contribution < 1.29 is 9.90 Å². The zero-order valence-electron chi connectivity index (χ0n) is 11.1. The Balaban J connectivity index is 2.91. The van der Waals surface area contributed by atoms with Crippen LogP contribution in [0.1, 0.15) is 43.9 Å². The molecule has 0 aromatic carbocycles. The van der Waals surface area contributed by atoms with Gasteiger partial charge in [-0.15, -0.1) is 0 Å². The number of carbonyl (C=O) groups is 1. The van der Waals surface area contributed by atoms with Crippen LogP contribution in [0.25, 0.3) is 0 Å². The Kier molecular flexibility index (Phi) is 3.93. The van der Waals surface area contributed by atoms with E-state index >= 15 is 0 Å². The van der Waals surface area contributed by atoms with Gasteiger partial charge in [-0.1, -0.05) is 0 Å². The van der Waals surface area contributed by atoms with E-state index < -0.39 is 0 Å². The molecule has 1 atom stereocenters. The lowest BCUT2D eigenvalue weighted by Crippen LogP contribution is -2.35. The van der Waals surface area contributed by atoms with Gasteiger partial charge >= 0.3 is 0 Å². The highest BCUT2D eigenvalue weighted by Gasteiger charge is 2.20. The van der Waals surface area contributed by atoms with Crippen LogP contribution < -0.4 is 5.32 Å². The Morgan fingerprint density at radius 1 is 1.59 bits per heavy atom. The third-order valence-electron chi connectivity index (χ3n) is 2.41. The standard InChI is InChI=1S/C12H21N3O2/c1-8(7-16)13-11(17)10-6-9(2)15(14-10)12(3,4)5/h6,8,16H,7H2,1-5H3,(H,13,17). The van der Waals surface area contributed by atoms with Crippen molar-refractivity contribution in [2.45, 2.75) is 46.2 Å². The number of hydrogen-bond acceptors (Lipinski definition) is 3. The minimum Gasteiger partial charge on any atom is -0.394 e. The fraction of sp³-hybridized carbons (Fsp3) is 0.667. The van der Waals surface area contributed by atoms with Gasteiger partial charge in [0, 0.05) is 11.7 Å². The SMILES string of the molecule is Cc1cc(C(=O)NC(C)CO)nn1C(C)(C)C. The zero-order chi connectivity index (χ0) is 13.2. The number of aliphatic hydroxyl groups excluding tert-OH is 1. The predicted molar refractivity (Wildman–Crippen MR) is 66.0 cm³/mol. The topological polar surface area (TPSA) is 67.2 Å². The van der Waals surface area contributed by atoms with Gasteiger partial charge in [0.25, 0.3) is 5.91 Å². The molecule has 1 amide bonds. The lowest BCUT2D eigenvalue weighted by Gasteiger charge is -2.21. The van der Waals surface area contributed by atoms with Gasteiger partial charge in [0.05, 0.1) is 12.1 Å². The molecule has 1 rings (SSSR count). The van der Waals surface area contributed by atoms with Gasteiger partial charge in [0.2, 0.25) is 0 Å². The quantitative estimate of drug-likeness (QED) is 0.828. The molecule has 1 unspecified atom stereocenters. The van der Waals surface area contributed by atoms with E-state index in [0.29, 0.717) is 5.69 Å². The van der Waals surface area contributed by atoms with E-state index in [4.69, 9.17) is 5.11 Å². The van der Waals surface area contributed by atoms with Gasteiger partial charge in [-0.25, -0.2) is 0 Å². The molecule has 0 bridgehead atoms. The minimum absolute atomic E-state index is 0.0787. The van der Waals surface area contributed by atoms with E-state index in [-0.39, 0.29) is 24.1 Å². The Labute approximate surface area is 102 Å². The lowest BCUT2D eigenvalue weighted by atomic mass is 10.1. The summed E-state index contributed by atoms with van der Waals surface area (Å²) in [6.45, 7) is 9.68. The summed E-state index contributed by atoms with van der Waals surface area (Å²) in [6.07, 6.45) is 0. The van der Waals surface area contributed by atoms with Crippen molar-refractivity contribution in [3.8, 4) is 0 Å².